The summed E-state index contributed by atoms with van der Waals surface area (Å²) in [5.74, 6) is 2.05. The van der Waals surface area contributed by atoms with Crippen LogP contribution in [0.4, 0.5) is 17.5 Å². The third-order valence-electron chi connectivity index (χ3n) is 3.44. The monoisotopic (exact) mass is 335 g/mol. The van der Waals surface area contributed by atoms with Crippen molar-refractivity contribution in [3.05, 3.63) is 54.9 Å². The summed E-state index contributed by atoms with van der Waals surface area (Å²) < 4.78 is 5.27. The number of pyridine rings is 1. The standard InChI is InChI=1S/C19H21N5O/c1-13(2)21-19-23-17(14-6-5-9-20-12-14)11-18(24-19)22-15-7-4-8-16(10-15)25-3/h4-13H,1-3H3,(H2,21,22,23,24). The lowest BCUT2D eigenvalue weighted by Gasteiger charge is -2.13. The number of aromatic nitrogens is 3. The van der Waals surface area contributed by atoms with Crippen LogP contribution in [0.3, 0.4) is 0 Å². The van der Waals surface area contributed by atoms with Gasteiger partial charge in [-0.25, -0.2) is 4.98 Å². The van der Waals surface area contributed by atoms with Crippen LogP contribution in [0.2, 0.25) is 0 Å². The molecule has 2 N–H and O–H groups in total. The van der Waals surface area contributed by atoms with Gasteiger partial charge in [0.05, 0.1) is 12.8 Å². The summed E-state index contributed by atoms with van der Waals surface area (Å²) in [6.07, 6.45) is 3.53. The Morgan fingerprint density at radius 2 is 1.92 bits per heavy atom. The van der Waals surface area contributed by atoms with Gasteiger partial charge < -0.3 is 15.4 Å². The maximum Gasteiger partial charge on any atom is 0.225 e. The quantitative estimate of drug-likeness (QED) is 0.706. The highest BCUT2D eigenvalue weighted by atomic mass is 16.5. The van der Waals surface area contributed by atoms with E-state index >= 15 is 0 Å². The predicted octanol–water partition coefficient (Wildman–Crippen LogP) is 4.11. The van der Waals surface area contributed by atoms with Crippen LogP contribution in [0, 0.1) is 0 Å². The Balaban J connectivity index is 1.96. The maximum atomic E-state index is 5.27. The summed E-state index contributed by atoms with van der Waals surface area (Å²) >= 11 is 0. The first-order chi connectivity index (χ1) is 12.1. The summed E-state index contributed by atoms with van der Waals surface area (Å²) in [7, 11) is 1.65. The van der Waals surface area contributed by atoms with E-state index in [0.717, 1.165) is 22.7 Å². The number of nitrogens with one attached hydrogen (secondary N) is 2. The minimum atomic E-state index is 0.230. The fraction of sp³-hybridized carbons (Fsp3) is 0.211. The Bertz CT molecular complexity index is 836. The van der Waals surface area contributed by atoms with Gasteiger partial charge in [0.2, 0.25) is 5.95 Å². The van der Waals surface area contributed by atoms with Gasteiger partial charge >= 0.3 is 0 Å². The van der Waals surface area contributed by atoms with Gasteiger partial charge in [-0.3, -0.25) is 4.98 Å². The van der Waals surface area contributed by atoms with E-state index in [1.54, 1.807) is 19.5 Å². The lowest BCUT2D eigenvalue weighted by molar-refractivity contribution is 0.415. The fourth-order valence-corrected chi connectivity index (χ4v) is 2.34. The number of hydrogen-bond acceptors (Lipinski definition) is 6. The largest absolute Gasteiger partial charge is 0.497 e. The van der Waals surface area contributed by atoms with Crippen LogP contribution in [0.5, 0.6) is 5.75 Å². The molecule has 0 saturated heterocycles. The molecule has 0 saturated carbocycles. The van der Waals surface area contributed by atoms with Gasteiger partial charge in [0.1, 0.15) is 11.6 Å². The lowest BCUT2D eigenvalue weighted by atomic mass is 10.2. The second kappa shape index (κ2) is 7.61. The zero-order valence-electron chi connectivity index (χ0n) is 14.5. The molecule has 1 aromatic carbocycles. The van der Waals surface area contributed by atoms with Crippen molar-refractivity contribution in [3.8, 4) is 17.0 Å². The predicted molar refractivity (Wildman–Crippen MR) is 100 cm³/mol. The van der Waals surface area contributed by atoms with Crippen LogP contribution >= 0.6 is 0 Å². The molecule has 0 fully saturated rings. The highest BCUT2D eigenvalue weighted by Gasteiger charge is 2.08. The van der Waals surface area contributed by atoms with Crippen molar-refractivity contribution in [1.29, 1.82) is 0 Å². The number of anilines is 3. The van der Waals surface area contributed by atoms with Crippen LogP contribution in [0.25, 0.3) is 11.3 Å². The Hall–Kier alpha value is -3.15. The van der Waals surface area contributed by atoms with E-state index in [1.165, 1.54) is 0 Å². The molecule has 3 rings (SSSR count). The van der Waals surface area contributed by atoms with Gasteiger partial charge in [0, 0.05) is 41.8 Å². The van der Waals surface area contributed by atoms with Crippen molar-refractivity contribution < 1.29 is 4.74 Å². The molecular weight excluding hydrogens is 314 g/mol. The Morgan fingerprint density at radius 3 is 2.64 bits per heavy atom. The van der Waals surface area contributed by atoms with Crippen molar-refractivity contribution in [3.63, 3.8) is 0 Å². The highest BCUT2D eigenvalue weighted by molar-refractivity contribution is 5.67. The molecular formula is C19H21N5O. The SMILES string of the molecule is COc1cccc(Nc2cc(-c3cccnc3)nc(NC(C)C)n2)c1. The maximum absolute atomic E-state index is 5.27. The Labute approximate surface area is 147 Å². The van der Waals surface area contributed by atoms with Crippen molar-refractivity contribution in [1.82, 2.24) is 15.0 Å². The number of rotatable bonds is 6. The number of benzene rings is 1. The number of hydrogen-bond donors (Lipinski definition) is 2. The molecule has 6 nitrogen and oxygen atoms in total. The smallest absolute Gasteiger partial charge is 0.225 e. The Morgan fingerprint density at radius 1 is 1.04 bits per heavy atom. The average Bonchev–Trinajstić information content (AvgIpc) is 2.62. The normalized spacial score (nSPS) is 10.6. The summed E-state index contributed by atoms with van der Waals surface area (Å²) in [5.41, 5.74) is 2.63. The molecule has 0 radical (unpaired) electrons. The third-order valence-corrected chi connectivity index (χ3v) is 3.44. The van der Waals surface area contributed by atoms with Crippen LogP contribution < -0.4 is 15.4 Å². The molecule has 0 aliphatic carbocycles. The molecule has 3 aromatic rings. The fourth-order valence-electron chi connectivity index (χ4n) is 2.34. The van der Waals surface area contributed by atoms with E-state index in [1.807, 2.05) is 42.5 Å². The minimum Gasteiger partial charge on any atom is -0.497 e. The zero-order valence-corrected chi connectivity index (χ0v) is 14.5. The van der Waals surface area contributed by atoms with Gasteiger partial charge in [0.25, 0.3) is 0 Å². The van der Waals surface area contributed by atoms with Crippen molar-refractivity contribution in [2.24, 2.45) is 0 Å². The number of ether oxygens (including phenoxy) is 1. The van der Waals surface area contributed by atoms with E-state index in [2.05, 4.69) is 39.4 Å². The molecule has 0 bridgehead atoms. The number of methoxy groups -OCH3 is 1. The van der Waals surface area contributed by atoms with Crippen molar-refractivity contribution in [2.75, 3.05) is 17.7 Å². The molecule has 0 atom stereocenters. The topological polar surface area (TPSA) is 72.0 Å². The summed E-state index contributed by atoms with van der Waals surface area (Å²) in [6, 6.07) is 13.7. The third kappa shape index (κ3) is 4.44. The van der Waals surface area contributed by atoms with Crippen LogP contribution in [-0.2, 0) is 0 Å². The first kappa shape index (κ1) is 16.7. The van der Waals surface area contributed by atoms with E-state index in [9.17, 15) is 0 Å². The average molecular weight is 335 g/mol. The van der Waals surface area contributed by atoms with E-state index in [0.29, 0.717) is 11.8 Å². The highest BCUT2D eigenvalue weighted by Crippen LogP contribution is 2.25. The Kier molecular flexibility index (Phi) is 5.09. The summed E-state index contributed by atoms with van der Waals surface area (Å²) in [5, 5.41) is 6.57. The molecule has 2 aromatic heterocycles. The van der Waals surface area contributed by atoms with Crippen LogP contribution in [0.1, 0.15) is 13.8 Å². The van der Waals surface area contributed by atoms with Gasteiger partial charge in [-0.2, -0.15) is 4.98 Å². The van der Waals surface area contributed by atoms with Gasteiger partial charge in [0.15, 0.2) is 0 Å². The molecule has 0 spiro atoms. The van der Waals surface area contributed by atoms with Gasteiger partial charge in [-0.05, 0) is 38.1 Å². The summed E-state index contributed by atoms with van der Waals surface area (Å²) in [6.45, 7) is 4.10. The molecule has 0 aliphatic rings. The second-order valence-corrected chi connectivity index (χ2v) is 5.86. The lowest BCUT2D eigenvalue weighted by Crippen LogP contribution is -2.13. The minimum absolute atomic E-state index is 0.230. The second-order valence-electron chi connectivity index (χ2n) is 5.86. The van der Waals surface area contributed by atoms with Crippen molar-refractivity contribution in [2.45, 2.75) is 19.9 Å². The van der Waals surface area contributed by atoms with Crippen LogP contribution in [0.15, 0.2) is 54.9 Å². The first-order valence-electron chi connectivity index (χ1n) is 8.11. The zero-order chi connectivity index (χ0) is 17.6. The molecule has 6 heteroatoms. The molecule has 0 aliphatic heterocycles. The molecule has 0 amide bonds. The van der Waals surface area contributed by atoms with E-state index in [-0.39, 0.29) is 6.04 Å². The molecule has 25 heavy (non-hydrogen) atoms. The first-order valence-corrected chi connectivity index (χ1v) is 8.11. The van der Waals surface area contributed by atoms with E-state index < -0.39 is 0 Å². The van der Waals surface area contributed by atoms with Crippen LogP contribution in [-0.4, -0.2) is 28.1 Å². The number of nitrogens with zero attached hydrogens (tertiary/aromatic N) is 3. The molecule has 2 heterocycles. The van der Waals surface area contributed by atoms with Gasteiger partial charge in [-0.1, -0.05) is 6.07 Å². The molecule has 128 valence electrons. The van der Waals surface area contributed by atoms with E-state index in [4.69, 9.17) is 4.74 Å². The van der Waals surface area contributed by atoms with Gasteiger partial charge in [-0.15, -0.1) is 0 Å². The van der Waals surface area contributed by atoms with Crippen molar-refractivity contribution >= 4 is 17.5 Å². The molecule has 0 unspecified atom stereocenters. The summed E-state index contributed by atoms with van der Waals surface area (Å²) in [4.78, 5) is 13.3.